The minimum Gasteiger partial charge on any atom is -0.390 e. The highest BCUT2D eigenvalue weighted by molar-refractivity contribution is 4.85. The molecule has 1 atom stereocenters. The Morgan fingerprint density at radius 2 is 1.23 bits per heavy atom. The van der Waals surface area contributed by atoms with Gasteiger partial charge in [0.1, 0.15) is 0 Å². The number of rotatable bonds is 5. The largest absolute Gasteiger partial charge is 0.390 e. The average molecular weight is 188 g/mol. The van der Waals surface area contributed by atoms with Gasteiger partial charge in [-0.2, -0.15) is 0 Å². The van der Waals surface area contributed by atoms with Gasteiger partial charge in [0, 0.05) is 0 Å². The van der Waals surface area contributed by atoms with Crippen LogP contribution in [0, 0.1) is 11.8 Å². The summed E-state index contributed by atoms with van der Waals surface area (Å²) in [5.74, 6) is 0.830. The maximum Gasteiger partial charge on any atom is 0.0907 e. The van der Waals surface area contributed by atoms with Crippen molar-refractivity contribution in [3.8, 4) is 0 Å². The zero-order chi connectivity index (χ0) is 10.6. The molecule has 0 aliphatic rings. The van der Waals surface area contributed by atoms with Gasteiger partial charge in [0.25, 0.3) is 0 Å². The molecule has 80 valence electrons. The maximum absolute atomic E-state index is 10.2. The summed E-state index contributed by atoms with van der Waals surface area (Å²) in [6.45, 7) is 9.92. The van der Waals surface area contributed by atoms with Crippen molar-refractivity contribution in [2.24, 2.45) is 11.8 Å². The molecule has 0 amide bonds. The van der Waals surface area contributed by atoms with E-state index >= 15 is 0 Å². The number of hydrogen-bond donors (Lipinski definition) is 2. The lowest BCUT2D eigenvalue weighted by Crippen LogP contribution is -2.42. The van der Waals surface area contributed by atoms with Crippen LogP contribution in [0.4, 0.5) is 0 Å². The first kappa shape index (κ1) is 12.9. The van der Waals surface area contributed by atoms with E-state index in [1.807, 2.05) is 0 Å². The fraction of sp³-hybridized carbons (Fsp3) is 1.00. The number of hydrogen-bond acceptors (Lipinski definition) is 2. The van der Waals surface area contributed by atoms with Crippen LogP contribution in [0.25, 0.3) is 0 Å². The standard InChI is InChI=1S/C11H24O2/c1-8(2)6-11(13,10(5)12)7-9(3)4/h8-10,12-13H,6-7H2,1-5H3/t10-/m1/s1. The van der Waals surface area contributed by atoms with E-state index in [0.717, 1.165) is 0 Å². The van der Waals surface area contributed by atoms with Crippen LogP contribution in [0.5, 0.6) is 0 Å². The van der Waals surface area contributed by atoms with Crippen molar-refractivity contribution in [2.75, 3.05) is 0 Å². The van der Waals surface area contributed by atoms with Crippen molar-refractivity contribution in [2.45, 2.75) is 59.2 Å². The van der Waals surface area contributed by atoms with Crippen LogP contribution in [-0.2, 0) is 0 Å². The molecule has 0 radical (unpaired) electrons. The summed E-state index contributed by atoms with van der Waals surface area (Å²) >= 11 is 0. The summed E-state index contributed by atoms with van der Waals surface area (Å²) < 4.78 is 0. The Bertz CT molecular complexity index is 129. The Kier molecular flexibility index (Phi) is 4.93. The molecule has 2 nitrogen and oxygen atoms in total. The van der Waals surface area contributed by atoms with Gasteiger partial charge in [-0.1, -0.05) is 27.7 Å². The van der Waals surface area contributed by atoms with Crippen molar-refractivity contribution >= 4 is 0 Å². The van der Waals surface area contributed by atoms with Gasteiger partial charge < -0.3 is 10.2 Å². The third kappa shape index (κ3) is 4.63. The van der Waals surface area contributed by atoms with Crippen LogP contribution >= 0.6 is 0 Å². The number of aliphatic hydroxyl groups is 2. The summed E-state index contributed by atoms with van der Waals surface area (Å²) in [7, 11) is 0. The molecule has 0 aromatic heterocycles. The van der Waals surface area contributed by atoms with Crippen LogP contribution < -0.4 is 0 Å². The van der Waals surface area contributed by atoms with Gasteiger partial charge >= 0.3 is 0 Å². The molecule has 0 aromatic rings. The predicted molar refractivity (Wildman–Crippen MR) is 55.5 cm³/mol. The smallest absolute Gasteiger partial charge is 0.0907 e. The average Bonchev–Trinajstić information content (AvgIpc) is 1.82. The van der Waals surface area contributed by atoms with E-state index in [-0.39, 0.29) is 0 Å². The van der Waals surface area contributed by atoms with Gasteiger partial charge in [-0.15, -0.1) is 0 Å². The molecule has 0 saturated heterocycles. The molecule has 0 saturated carbocycles. The quantitative estimate of drug-likeness (QED) is 0.694. The van der Waals surface area contributed by atoms with E-state index in [1.54, 1.807) is 6.92 Å². The van der Waals surface area contributed by atoms with Gasteiger partial charge in [-0.3, -0.25) is 0 Å². The minimum absolute atomic E-state index is 0.415. The van der Waals surface area contributed by atoms with Crippen LogP contribution in [0.15, 0.2) is 0 Å². The van der Waals surface area contributed by atoms with E-state index in [4.69, 9.17) is 0 Å². The Hall–Kier alpha value is -0.0800. The van der Waals surface area contributed by atoms with Crippen LogP contribution in [0.2, 0.25) is 0 Å². The molecule has 13 heavy (non-hydrogen) atoms. The van der Waals surface area contributed by atoms with E-state index in [1.165, 1.54) is 0 Å². The van der Waals surface area contributed by atoms with E-state index in [9.17, 15) is 10.2 Å². The van der Waals surface area contributed by atoms with Crippen molar-refractivity contribution in [3.05, 3.63) is 0 Å². The van der Waals surface area contributed by atoms with Crippen molar-refractivity contribution in [3.63, 3.8) is 0 Å². The molecule has 2 heteroatoms. The summed E-state index contributed by atoms with van der Waals surface area (Å²) in [6, 6.07) is 0. The van der Waals surface area contributed by atoms with E-state index in [2.05, 4.69) is 27.7 Å². The first-order valence-electron chi connectivity index (χ1n) is 5.18. The third-order valence-electron chi connectivity index (χ3n) is 2.30. The van der Waals surface area contributed by atoms with Gasteiger partial charge in [0.2, 0.25) is 0 Å². The van der Waals surface area contributed by atoms with Crippen molar-refractivity contribution in [1.29, 1.82) is 0 Å². The summed E-state index contributed by atoms with van der Waals surface area (Å²) in [5.41, 5.74) is -0.900. The van der Waals surface area contributed by atoms with Gasteiger partial charge in [-0.25, -0.2) is 0 Å². The van der Waals surface area contributed by atoms with Crippen molar-refractivity contribution in [1.82, 2.24) is 0 Å². The normalized spacial score (nSPS) is 15.5. The van der Waals surface area contributed by atoms with Crippen LogP contribution in [0.1, 0.15) is 47.5 Å². The Morgan fingerprint density at radius 3 is 1.38 bits per heavy atom. The molecular weight excluding hydrogens is 164 g/mol. The Balaban J connectivity index is 4.34. The molecular formula is C11H24O2. The monoisotopic (exact) mass is 188 g/mol. The second kappa shape index (κ2) is 4.97. The fourth-order valence-electron chi connectivity index (χ4n) is 1.84. The summed E-state index contributed by atoms with van der Waals surface area (Å²) in [6.07, 6.45) is 0.698. The number of aliphatic hydroxyl groups excluding tert-OH is 1. The fourth-order valence-corrected chi connectivity index (χ4v) is 1.84. The lowest BCUT2D eigenvalue weighted by atomic mass is 9.81. The highest BCUT2D eigenvalue weighted by Gasteiger charge is 2.33. The molecule has 0 aliphatic carbocycles. The second-order valence-corrected chi connectivity index (χ2v) is 4.98. The molecule has 0 bridgehead atoms. The first-order valence-corrected chi connectivity index (χ1v) is 5.18. The molecule has 0 rings (SSSR count). The molecule has 2 N–H and O–H groups in total. The lowest BCUT2D eigenvalue weighted by molar-refractivity contribution is -0.0909. The Morgan fingerprint density at radius 1 is 0.923 bits per heavy atom. The SMILES string of the molecule is CC(C)CC(O)(CC(C)C)[C@@H](C)O. The first-order chi connectivity index (χ1) is 5.78. The van der Waals surface area contributed by atoms with Gasteiger partial charge in [0.15, 0.2) is 0 Å². The van der Waals surface area contributed by atoms with Crippen molar-refractivity contribution < 1.29 is 10.2 Å². The molecule has 0 unspecified atom stereocenters. The van der Waals surface area contributed by atoms with Gasteiger partial charge in [0.05, 0.1) is 11.7 Å². The maximum atomic E-state index is 10.2. The molecule has 0 aliphatic heterocycles. The van der Waals surface area contributed by atoms with Crippen LogP contribution in [-0.4, -0.2) is 21.9 Å². The summed E-state index contributed by atoms with van der Waals surface area (Å²) in [5, 5.41) is 19.7. The predicted octanol–water partition coefficient (Wildman–Crippen LogP) is 2.19. The van der Waals surface area contributed by atoms with Crippen LogP contribution in [0.3, 0.4) is 0 Å². The summed E-state index contributed by atoms with van der Waals surface area (Å²) in [4.78, 5) is 0. The van der Waals surface area contributed by atoms with Gasteiger partial charge in [-0.05, 0) is 31.6 Å². The third-order valence-corrected chi connectivity index (χ3v) is 2.30. The molecule has 0 aromatic carbocycles. The molecule has 0 heterocycles. The Labute approximate surface area is 82.0 Å². The zero-order valence-corrected chi connectivity index (χ0v) is 9.54. The zero-order valence-electron chi connectivity index (χ0n) is 9.54. The topological polar surface area (TPSA) is 40.5 Å². The highest BCUT2D eigenvalue weighted by atomic mass is 16.3. The molecule has 0 fully saturated rings. The minimum atomic E-state index is -0.900. The molecule has 0 spiro atoms. The van der Waals surface area contributed by atoms with E-state index < -0.39 is 11.7 Å². The van der Waals surface area contributed by atoms with E-state index in [0.29, 0.717) is 24.7 Å². The highest BCUT2D eigenvalue weighted by Crippen LogP contribution is 2.27. The second-order valence-electron chi connectivity index (χ2n) is 4.98. The lowest BCUT2D eigenvalue weighted by Gasteiger charge is -2.34.